The van der Waals surface area contributed by atoms with E-state index in [0.29, 0.717) is 19.7 Å². The lowest BCUT2D eigenvalue weighted by molar-refractivity contribution is -0.138. The number of rotatable bonds is 10. The Morgan fingerprint density at radius 2 is 1.90 bits per heavy atom. The van der Waals surface area contributed by atoms with E-state index in [9.17, 15) is 4.79 Å². The molecule has 2 rings (SSSR count). The second-order valence-electron chi connectivity index (χ2n) is 8.53. The van der Waals surface area contributed by atoms with Crippen molar-refractivity contribution in [3.63, 3.8) is 0 Å². The monoisotopic (exact) mass is 417 g/mol. The number of nitrogens with zero attached hydrogens (tertiary/aromatic N) is 3. The minimum absolute atomic E-state index is 0.214. The Kier molecular flexibility index (Phi) is 9.43. The first kappa shape index (κ1) is 24.0. The molecule has 0 spiro atoms. The fraction of sp³-hybridized carbons (Fsp3) is 0.652. The summed E-state index contributed by atoms with van der Waals surface area (Å²) in [5.41, 5.74) is 0.773. The van der Waals surface area contributed by atoms with Gasteiger partial charge in [-0.25, -0.2) is 4.99 Å². The third kappa shape index (κ3) is 7.20. The van der Waals surface area contributed by atoms with Crippen LogP contribution in [0.25, 0.3) is 0 Å². The molecule has 1 aliphatic rings. The fourth-order valence-electron chi connectivity index (χ4n) is 3.84. The lowest BCUT2D eigenvalue weighted by Gasteiger charge is -2.31. The summed E-state index contributed by atoms with van der Waals surface area (Å²) in [5.74, 6) is 1.82. The van der Waals surface area contributed by atoms with Crippen molar-refractivity contribution < 1.29 is 9.53 Å². The summed E-state index contributed by atoms with van der Waals surface area (Å²) in [6, 6.07) is 8.07. The van der Waals surface area contributed by atoms with Crippen LogP contribution in [-0.4, -0.2) is 76.1 Å². The average Bonchev–Trinajstić information content (AvgIpc) is 3.19. The summed E-state index contributed by atoms with van der Waals surface area (Å²) in [5, 5.41) is 6.73. The minimum atomic E-state index is -0.320. The van der Waals surface area contributed by atoms with Crippen molar-refractivity contribution in [3.05, 3.63) is 29.8 Å². The van der Waals surface area contributed by atoms with Gasteiger partial charge in [0.25, 0.3) is 0 Å². The van der Waals surface area contributed by atoms with Crippen LogP contribution in [0.4, 0.5) is 0 Å². The van der Waals surface area contributed by atoms with Crippen LogP contribution in [-0.2, 0) is 11.3 Å². The molecule has 0 heterocycles. The van der Waals surface area contributed by atoms with Crippen molar-refractivity contribution in [1.82, 2.24) is 20.4 Å². The van der Waals surface area contributed by atoms with E-state index in [1.807, 2.05) is 53.3 Å². The van der Waals surface area contributed by atoms with Crippen molar-refractivity contribution in [2.45, 2.75) is 39.2 Å². The van der Waals surface area contributed by atoms with E-state index in [2.05, 4.69) is 21.6 Å². The van der Waals surface area contributed by atoms with Crippen LogP contribution in [0.3, 0.4) is 0 Å². The number of hydrogen-bond donors (Lipinski definition) is 2. The number of amides is 1. The number of aliphatic imine (C=N–C) groups is 1. The predicted molar refractivity (Wildman–Crippen MR) is 123 cm³/mol. The molecule has 1 aromatic rings. The Hall–Kier alpha value is -2.28. The van der Waals surface area contributed by atoms with Gasteiger partial charge >= 0.3 is 0 Å². The predicted octanol–water partition coefficient (Wildman–Crippen LogP) is 2.33. The van der Waals surface area contributed by atoms with Crippen LogP contribution in [0.15, 0.2) is 29.3 Å². The lowest BCUT2D eigenvalue weighted by atomic mass is 9.84. The van der Waals surface area contributed by atoms with Crippen molar-refractivity contribution in [2.24, 2.45) is 10.4 Å². The van der Waals surface area contributed by atoms with E-state index in [1.165, 1.54) is 0 Å². The first-order valence-electron chi connectivity index (χ1n) is 11.0. The Balaban J connectivity index is 1.99. The largest absolute Gasteiger partial charge is 0.492 e. The zero-order chi connectivity index (χ0) is 22.0. The SMILES string of the molecule is CCNC(=NCc1cccc(OCCN(C)C)c1)NCC1(C(=O)N(C)C)CCCC1. The molecule has 7 heteroatoms. The molecular weight excluding hydrogens is 378 g/mol. The highest BCUT2D eigenvalue weighted by Gasteiger charge is 2.42. The Morgan fingerprint density at radius 1 is 1.17 bits per heavy atom. The molecule has 0 saturated heterocycles. The van der Waals surface area contributed by atoms with Gasteiger partial charge in [0.2, 0.25) is 5.91 Å². The van der Waals surface area contributed by atoms with Gasteiger partial charge in [0.05, 0.1) is 12.0 Å². The fourth-order valence-corrected chi connectivity index (χ4v) is 3.84. The lowest BCUT2D eigenvalue weighted by Crippen LogP contribution is -2.49. The summed E-state index contributed by atoms with van der Waals surface area (Å²) >= 11 is 0. The molecular formula is C23H39N5O2. The van der Waals surface area contributed by atoms with E-state index < -0.39 is 0 Å². The molecule has 0 aliphatic heterocycles. The molecule has 1 aliphatic carbocycles. The van der Waals surface area contributed by atoms with Gasteiger partial charge in [0.1, 0.15) is 12.4 Å². The van der Waals surface area contributed by atoms with Gasteiger partial charge in [-0.05, 0) is 51.6 Å². The van der Waals surface area contributed by atoms with Crippen LogP contribution < -0.4 is 15.4 Å². The summed E-state index contributed by atoms with van der Waals surface area (Å²) in [6.07, 6.45) is 4.08. The molecule has 30 heavy (non-hydrogen) atoms. The quantitative estimate of drug-likeness (QED) is 0.452. The molecule has 1 amide bonds. The van der Waals surface area contributed by atoms with E-state index >= 15 is 0 Å². The summed E-state index contributed by atoms with van der Waals surface area (Å²) in [7, 11) is 7.75. The van der Waals surface area contributed by atoms with E-state index in [-0.39, 0.29) is 11.3 Å². The van der Waals surface area contributed by atoms with Crippen molar-refractivity contribution in [2.75, 3.05) is 54.4 Å². The molecule has 0 bridgehead atoms. The molecule has 1 saturated carbocycles. The molecule has 1 aromatic carbocycles. The summed E-state index contributed by atoms with van der Waals surface area (Å²) in [6.45, 7) is 5.52. The minimum Gasteiger partial charge on any atom is -0.492 e. The third-order valence-electron chi connectivity index (χ3n) is 5.48. The number of likely N-dealkylation sites (N-methyl/N-ethyl adjacent to an activating group) is 1. The number of carbonyl (C=O) groups excluding carboxylic acids is 1. The van der Waals surface area contributed by atoms with Gasteiger partial charge in [-0.3, -0.25) is 4.79 Å². The standard InChI is InChI=1S/C23H39N5O2/c1-6-24-22(26-18-23(12-7-8-13-23)21(29)28(4)5)25-17-19-10-9-11-20(16-19)30-15-14-27(2)3/h9-11,16H,6-8,12-15,17-18H2,1-5H3,(H2,24,25,26). The van der Waals surface area contributed by atoms with E-state index in [0.717, 1.165) is 56.0 Å². The molecule has 168 valence electrons. The highest BCUT2D eigenvalue weighted by atomic mass is 16.5. The van der Waals surface area contributed by atoms with Gasteiger partial charge in [-0.2, -0.15) is 0 Å². The Morgan fingerprint density at radius 3 is 2.53 bits per heavy atom. The van der Waals surface area contributed by atoms with Crippen molar-refractivity contribution in [1.29, 1.82) is 0 Å². The summed E-state index contributed by atoms with van der Waals surface area (Å²) < 4.78 is 5.83. The Bertz CT molecular complexity index is 697. The molecule has 2 N–H and O–H groups in total. The molecule has 0 radical (unpaired) electrons. The van der Waals surface area contributed by atoms with Crippen LogP contribution in [0, 0.1) is 5.41 Å². The number of nitrogens with one attached hydrogen (secondary N) is 2. The maximum absolute atomic E-state index is 12.8. The van der Waals surface area contributed by atoms with Gasteiger partial charge in [-0.1, -0.05) is 25.0 Å². The molecule has 0 atom stereocenters. The number of hydrogen-bond acceptors (Lipinski definition) is 4. The maximum Gasteiger partial charge on any atom is 0.230 e. The third-order valence-corrected chi connectivity index (χ3v) is 5.48. The number of ether oxygens (including phenoxy) is 1. The second kappa shape index (κ2) is 11.8. The first-order chi connectivity index (χ1) is 14.4. The normalized spacial score (nSPS) is 15.9. The smallest absolute Gasteiger partial charge is 0.230 e. The van der Waals surface area contributed by atoms with Gasteiger partial charge < -0.3 is 25.2 Å². The zero-order valence-electron chi connectivity index (χ0n) is 19.3. The van der Waals surface area contributed by atoms with Gasteiger partial charge in [-0.15, -0.1) is 0 Å². The van der Waals surface area contributed by atoms with Gasteiger partial charge in [0.15, 0.2) is 5.96 Å². The molecule has 1 fully saturated rings. The summed E-state index contributed by atoms with van der Waals surface area (Å²) in [4.78, 5) is 21.3. The number of carbonyl (C=O) groups is 1. The highest BCUT2D eigenvalue weighted by molar-refractivity contribution is 5.85. The van der Waals surface area contributed by atoms with Crippen molar-refractivity contribution in [3.8, 4) is 5.75 Å². The van der Waals surface area contributed by atoms with E-state index in [4.69, 9.17) is 9.73 Å². The number of benzene rings is 1. The average molecular weight is 418 g/mol. The topological polar surface area (TPSA) is 69.2 Å². The van der Waals surface area contributed by atoms with Crippen LogP contribution in [0.5, 0.6) is 5.75 Å². The maximum atomic E-state index is 12.8. The van der Waals surface area contributed by atoms with Crippen LogP contribution in [0.1, 0.15) is 38.2 Å². The second-order valence-corrected chi connectivity index (χ2v) is 8.53. The first-order valence-corrected chi connectivity index (χ1v) is 11.0. The molecule has 7 nitrogen and oxygen atoms in total. The van der Waals surface area contributed by atoms with E-state index in [1.54, 1.807) is 4.90 Å². The molecule has 0 aromatic heterocycles. The van der Waals surface area contributed by atoms with Crippen LogP contribution in [0.2, 0.25) is 0 Å². The highest BCUT2D eigenvalue weighted by Crippen LogP contribution is 2.38. The molecule has 0 unspecified atom stereocenters. The number of guanidine groups is 1. The zero-order valence-corrected chi connectivity index (χ0v) is 19.3. The van der Waals surface area contributed by atoms with Crippen LogP contribution >= 0.6 is 0 Å². The van der Waals surface area contributed by atoms with Crippen molar-refractivity contribution >= 4 is 11.9 Å². The van der Waals surface area contributed by atoms with Gasteiger partial charge in [0, 0.05) is 33.7 Å². The Labute approximate surface area is 181 Å².